The van der Waals surface area contributed by atoms with Gasteiger partial charge in [-0.3, -0.25) is 9.78 Å². The van der Waals surface area contributed by atoms with Crippen LogP contribution in [0.4, 0.5) is 10.1 Å². The first-order chi connectivity index (χ1) is 14.1. The quantitative estimate of drug-likeness (QED) is 0.454. The predicted octanol–water partition coefficient (Wildman–Crippen LogP) is 4.18. The van der Waals surface area contributed by atoms with Gasteiger partial charge < -0.3 is 9.64 Å². The van der Waals surface area contributed by atoms with Gasteiger partial charge in [0.05, 0.1) is 23.9 Å². The molecule has 0 bridgehead atoms. The van der Waals surface area contributed by atoms with Crippen molar-refractivity contribution in [2.45, 2.75) is 4.90 Å². The molecule has 2 aromatic carbocycles. The Hall–Kier alpha value is -2.53. The number of benzene rings is 2. The van der Waals surface area contributed by atoms with Crippen LogP contribution in [0.1, 0.15) is 10.4 Å². The molecule has 156 valence electrons. The van der Waals surface area contributed by atoms with Crippen molar-refractivity contribution < 1.29 is 22.3 Å². The van der Waals surface area contributed by atoms with E-state index in [1.807, 2.05) is 22.6 Å². The van der Waals surface area contributed by atoms with Crippen molar-refractivity contribution in [2.75, 3.05) is 25.3 Å². The number of methoxy groups -OCH3 is 1. The molecule has 0 fully saturated rings. The summed E-state index contributed by atoms with van der Waals surface area (Å²) in [7, 11) is -0.470. The minimum atomic E-state index is -3.48. The second-order valence-corrected chi connectivity index (χ2v) is 9.81. The molecule has 1 heterocycles. The summed E-state index contributed by atoms with van der Waals surface area (Å²) in [6, 6.07) is 10.3. The Kier molecular flexibility index (Phi) is 6.41. The maximum atomic E-state index is 13.6. The minimum Gasteiger partial charge on any atom is -0.496 e. The molecule has 1 aromatic heterocycles. The number of halogens is 2. The number of hydrogen-bond acceptors (Lipinski definition) is 5. The monoisotopic (exact) mass is 540 g/mol. The summed E-state index contributed by atoms with van der Waals surface area (Å²) in [5.41, 5.74) is 1.90. The Bertz CT molecular complexity index is 1230. The fourth-order valence-electron chi connectivity index (χ4n) is 2.97. The predicted molar refractivity (Wildman–Crippen MR) is 121 cm³/mol. The van der Waals surface area contributed by atoms with E-state index in [1.54, 1.807) is 31.4 Å². The number of rotatable bonds is 5. The molecule has 9 heteroatoms. The lowest BCUT2D eigenvalue weighted by atomic mass is 10.0. The van der Waals surface area contributed by atoms with E-state index in [0.29, 0.717) is 26.1 Å². The number of carbonyl (C=O) groups excluding carboxylic acids is 1. The van der Waals surface area contributed by atoms with Crippen LogP contribution in [0.15, 0.2) is 59.8 Å². The zero-order valence-electron chi connectivity index (χ0n) is 16.4. The molecule has 0 N–H and O–H groups in total. The maximum absolute atomic E-state index is 13.6. The normalized spacial score (nSPS) is 11.2. The van der Waals surface area contributed by atoms with Crippen molar-refractivity contribution in [2.24, 2.45) is 0 Å². The SMILES string of the molecule is COc1cc(F)ccc1-c1ccncc1N(C)C(=O)c1cc(I)cc(S(C)(=O)=O)c1. The molecule has 1 amide bonds. The zero-order chi connectivity index (χ0) is 22.1. The van der Waals surface area contributed by atoms with E-state index in [9.17, 15) is 17.6 Å². The third-order valence-electron chi connectivity index (χ3n) is 4.47. The van der Waals surface area contributed by atoms with E-state index in [-0.39, 0.29) is 10.5 Å². The molecule has 0 radical (unpaired) electrons. The molecule has 0 aliphatic carbocycles. The smallest absolute Gasteiger partial charge is 0.258 e. The van der Waals surface area contributed by atoms with Gasteiger partial charge in [-0.1, -0.05) is 0 Å². The average Bonchev–Trinajstić information content (AvgIpc) is 2.71. The number of carbonyl (C=O) groups is 1. The summed E-state index contributed by atoms with van der Waals surface area (Å²) in [6.07, 6.45) is 4.17. The molecule has 0 saturated carbocycles. The number of ether oxygens (including phenoxy) is 1. The Morgan fingerprint density at radius 3 is 2.53 bits per heavy atom. The van der Waals surface area contributed by atoms with E-state index in [2.05, 4.69) is 4.98 Å². The van der Waals surface area contributed by atoms with E-state index in [4.69, 9.17) is 4.74 Å². The van der Waals surface area contributed by atoms with Crippen molar-refractivity contribution >= 4 is 44.0 Å². The van der Waals surface area contributed by atoms with E-state index in [1.165, 1.54) is 42.5 Å². The van der Waals surface area contributed by atoms with Crippen LogP contribution in [0.2, 0.25) is 0 Å². The Morgan fingerprint density at radius 1 is 1.13 bits per heavy atom. The summed E-state index contributed by atoms with van der Waals surface area (Å²) in [4.78, 5) is 18.7. The van der Waals surface area contributed by atoms with Crippen LogP contribution in [-0.4, -0.2) is 39.7 Å². The number of pyridine rings is 1. The molecule has 0 spiro atoms. The Morgan fingerprint density at radius 2 is 1.87 bits per heavy atom. The van der Waals surface area contributed by atoms with Gasteiger partial charge in [0.15, 0.2) is 9.84 Å². The average molecular weight is 540 g/mol. The summed E-state index contributed by atoms with van der Waals surface area (Å²) < 4.78 is 43.5. The summed E-state index contributed by atoms with van der Waals surface area (Å²) in [6.45, 7) is 0. The van der Waals surface area contributed by atoms with E-state index >= 15 is 0 Å². The molecular formula is C21H18FIN2O4S. The second kappa shape index (κ2) is 8.68. The van der Waals surface area contributed by atoms with Gasteiger partial charge in [-0.25, -0.2) is 12.8 Å². The lowest BCUT2D eigenvalue weighted by Crippen LogP contribution is -2.27. The first-order valence-corrected chi connectivity index (χ1v) is 11.7. The van der Waals surface area contributed by atoms with E-state index < -0.39 is 21.6 Å². The van der Waals surface area contributed by atoms with Gasteiger partial charge in [0.2, 0.25) is 0 Å². The van der Waals surface area contributed by atoms with Crippen molar-refractivity contribution in [3.05, 3.63) is 69.8 Å². The summed E-state index contributed by atoms with van der Waals surface area (Å²) in [5, 5.41) is 0. The van der Waals surface area contributed by atoms with Crippen LogP contribution in [0.3, 0.4) is 0 Å². The molecule has 6 nitrogen and oxygen atoms in total. The van der Waals surface area contributed by atoms with Gasteiger partial charge in [-0.15, -0.1) is 0 Å². The molecule has 0 aliphatic rings. The molecule has 3 rings (SSSR count). The summed E-state index contributed by atoms with van der Waals surface area (Å²) >= 11 is 1.97. The van der Waals surface area contributed by atoms with E-state index in [0.717, 1.165) is 6.26 Å². The highest BCUT2D eigenvalue weighted by Crippen LogP contribution is 2.36. The van der Waals surface area contributed by atoms with Crippen LogP contribution in [-0.2, 0) is 9.84 Å². The van der Waals surface area contributed by atoms with Crippen molar-refractivity contribution in [1.29, 1.82) is 0 Å². The number of aromatic nitrogens is 1. The van der Waals surface area contributed by atoms with Crippen LogP contribution >= 0.6 is 22.6 Å². The number of hydrogen-bond donors (Lipinski definition) is 0. The van der Waals surface area contributed by atoms with Crippen molar-refractivity contribution in [3.8, 4) is 16.9 Å². The zero-order valence-corrected chi connectivity index (χ0v) is 19.4. The fourth-order valence-corrected chi connectivity index (χ4v) is 4.54. The fraction of sp³-hybridized carbons (Fsp3) is 0.143. The number of sulfone groups is 1. The highest BCUT2D eigenvalue weighted by molar-refractivity contribution is 14.1. The topological polar surface area (TPSA) is 76.6 Å². The number of anilines is 1. The third kappa shape index (κ3) is 4.62. The molecule has 0 aliphatic heterocycles. The molecule has 0 saturated heterocycles. The maximum Gasteiger partial charge on any atom is 0.258 e. The van der Waals surface area contributed by atoms with Gasteiger partial charge in [0.25, 0.3) is 5.91 Å². The van der Waals surface area contributed by atoms with Gasteiger partial charge in [-0.2, -0.15) is 0 Å². The number of amides is 1. The lowest BCUT2D eigenvalue weighted by molar-refractivity contribution is 0.0992. The molecule has 0 atom stereocenters. The van der Waals surface area contributed by atoms with Crippen molar-refractivity contribution in [1.82, 2.24) is 4.98 Å². The van der Waals surface area contributed by atoms with Crippen LogP contribution < -0.4 is 9.64 Å². The highest BCUT2D eigenvalue weighted by atomic mass is 127. The highest BCUT2D eigenvalue weighted by Gasteiger charge is 2.21. The molecular weight excluding hydrogens is 522 g/mol. The van der Waals surface area contributed by atoms with Crippen molar-refractivity contribution in [3.63, 3.8) is 0 Å². The van der Waals surface area contributed by atoms with Gasteiger partial charge >= 0.3 is 0 Å². The lowest BCUT2D eigenvalue weighted by Gasteiger charge is -2.21. The van der Waals surface area contributed by atoms with Gasteiger partial charge in [0.1, 0.15) is 11.6 Å². The Balaban J connectivity index is 2.09. The molecule has 0 unspecified atom stereocenters. The van der Waals surface area contributed by atoms with Gasteiger partial charge in [-0.05, 0) is 59.0 Å². The Labute approximate surface area is 187 Å². The number of nitrogens with zero attached hydrogens (tertiary/aromatic N) is 2. The summed E-state index contributed by atoms with van der Waals surface area (Å²) in [5.74, 6) is -0.534. The van der Waals surface area contributed by atoms with Crippen LogP contribution in [0.5, 0.6) is 5.75 Å². The third-order valence-corrected chi connectivity index (χ3v) is 6.18. The first-order valence-electron chi connectivity index (χ1n) is 8.68. The molecule has 30 heavy (non-hydrogen) atoms. The standard InChI is InChI=1S/C21H18FIN2O4S/c1-25(21(26)13-8-15(23)11-16(9-13)30(3,27)28)19-12-24-7-6-17(19)18-5-4-14(22)10-20(18)29-2/h4-12H,1-3H3. The van der Waals surface area contributed by atoms with Gasteiger partial charge in [0, 0.05) is 45.8 Å². The second-order valence-electron chi connectivity index (χ2n) is 6.55. The van der Waals surface area contributed by atoms with Crippen LogP contribution in [0.25, 0.3) is 11.1 Å². The minimum absolute atomic E-state index is 0.0674. The molecule has 3 aromatic rings. The largest absolute Gasteiger partial charge is 0.496 e. The first kappa shape index (κ1) is 22.2. The van der Waals surface area contributed by atoms with Crippen LogP contribution in [0, 0.1) is 9.39 Å².